The number of carbonyl (C=O) groups is 1. The van der Waals surface area contributed by atoms with E-state index in [-0.39, 0.29) is 11.9 Å². The number of hydrogen-bond donors (Lipinski definition) is 2. The molecule has 1 atom stereocenters. The zero-order valence-corrected chi connectivity index (χ0v) is 14.5. The summed E-state index contributed by atoms with van der Waals surface area (Å²) < 4.78 is 6.95. The van der Waals surface area contributed by atoms with Crippen LogP contribution in [0.15, 0.2) is 36.5 Å². The molecule has 1 aromatic heterocycles. The summed E-state index contributed by atoms with van der Waals surface area (Å²) in [6.07, 6.45) is 2.41. The third kappa shape index (κ3) is 4.52. The largest absolute Gasteiger partial charge is 0.497 e. The highest BCUT2D eigenvalue weighted by molar-refractivity contribution is 7.99. The van der Waals surface area contributed by atoms with E-state index in [1.807, 2.05) is 48.3 Å². The molecule has 128 valence electrons. The highest BCUT2D eigenvalue weighted by Gasteiger charge is 2.16. The minimum absolute atomic E-state index is 0.0639. The van der Waals surface area contributed by atoms with Crippen LogP contribution in [0, 0.1) is 0 Å². The summed E-state index contributed by atoms with van der Waals surface area (Å²) in [6.45, 7) is 1.43. The van der Waals surface area contributed by atoms with Crippen LogP contribution in [0.4, 0.5) is 0 Å². The number of amides is 1. The van der Waals surface area contributed by atoms with Crippen molar-refractivity contribution in [3.8, 4) is 11.4 Å². The number of nitrogens with one attached hydrogen (secondary N) is 2. The van der Waals surface area contributed by atoms with E-state index in [9.17, 15) is 4.79 Å². The van der Waals surface area contributed by atoms with E-state index in [0.29, 0.717) is 13.0 Å². The first kappa shape index (κ1) is 16.9. The van der Waals surface area contributed by atoms with Crippen molar-refractivity contribution >= 4 is 17.7 Å². The third-order valence-electron chi connectivity index (χ3n) is 3.88. The fraction of sp³-hybridized carbons (Fsp3) is 0.412. The summed E-state index contributed by atoms with van der Waals surface area (Å²) in [4.78, 5) is 12.0. The van der Waals surface area contributed by atoms with Gasteiger partial charge in [0, 0.05) is 36.7 Å². The van der Waals surface area contributed by atoms with E-state index in [1.165, 1.54) is 0 Å². The maximum atomic E-state index is 12.0. The van der Waals surface area contributed by atoms with Crippen LogP contribution in [0.5, 0.6) is 5.75 Å². The van der Waals surface area contributed by atoms with Crippen molar-refractivity contribution in [3.63, 3.8) is 0 Å². The van der Waals surface area contributed by atoms with Crippen molar-refractivity contribution in [2.24, 2.45) is 0 Å². The number of ether oxygens (including phenoxy) is 1. The van der Waals surface area contributed by atoms with Gasteiger partial charge in [-0.2, -0.15) is 16.9 Å². The van der Waals surface area contributed by atoms with Gasteiger partial charge in [0.05, 0.1) is 25.0 Å². The van der Waals surface area contributed by atoms with Crippen molar-refractivity contribution < 1.29 is 9.53 Å². The Kier molecular flexibility index (Phi) is 5.77. The second kappa shape index (κ2) is 8.21. The van der Waals surface area contributed by atoms with Crippen LogP contribution in [0.25, 0.3) is 5.69 Å². The number of hydrogen-bond acceptors (Lipinski definition) is 5. The first-order valence-electron chi connectivity index (χ1n) is 8.01. The summed E-state index contributed by atoms with van der Waals surface area (Å²) >= 11 is 1.90. The van der Waals surface area contributed by atoms with Crippen molar-refractivity contribution in [3.05, 3.63) is 42.2 Å². The van der Waals surface area contributed by atoms with Crippen LogP contribution in [0.3, 0.4) is 0 Å². The van der Waals surface area contributed by atoms with Gasteiger partial charge in [0.1, 0.15) is 5.75 Å². The molecule has 1 fully saturated rings. The Morgan fingerprint density at radius 1 is 1.42 bits per heavy atom. The molecule has 1 amide bonds. The first-order valence-corrected chi connectivity index (χ1v) is 9.17. The highest BCUT2D eigenvalue weighted by atomic mass is 32.2. The molecule has 3 rings (SSSR count). The van der Waals surface area contributed by atoms with Crippen molar-refractivity contribution in [1.82, 2.24) is 20.4 Å². The normalized spacial score (nSPS) is 17.5. The van der Waals surface area contributed by atoms with E-state index < -0.39 is 0 Å². The summed E-state index contributed by atoms with van der Waals surface area (Å²) in [7, 11) is 1.64. The van der Waals surface area contributed by atoms with Crippen molar-refractivity contribution in [2.45, 2.75) is 19.0 Å². The molecule has 1 saturated heterocycles. The summed E-state index contributed by atoms with van der Waals surface area (Å²) in [5.41, 5.74) is 1.79. The summed E-state index contributed by atoms with van der Waals surface area (Å²) in [6, 6.07) is 9.88. The van der Waals surface area contributed by atoms with Crippen LogP contribution in [0.1, 0.15) is 12.1 Å². The molecular formula is C17H22N4O2S. The number of benzene rings is 1. The minimum atomic E-state index is 0.0639. The molecule has 0 spiro atoms. The Bertz CT molecular complexity index is 665. The quantitative estimate of drug-likeness (QED) is 0.831. The highest BCUT2D eigenvalue weighted by Crippen LogP contribution is 2.14. The first-order chi connectivity index (χ1) is 11.7. The van der Waals surface area contributed by atoms with Crippen molar-refractivity contribution in [1.29, 1.82) is 0 Å². The van der Waals surface area contributed by atoms with Crippen LogP contribution < -0.4 is 15.4 Å². The van der Waals surface area contributed by atoms with Gasteiger partial charge in [-0.15, -0.1) is 0 Å². The molecule has 24 heavy (non-hydrogen) atoms. The second-order valence-corrected chi connectivity index (χ2v) is 6.81. The Balaban J connectivity index is 1.50. The molecule has 2 aromatic rings. The van der Waals surface area contributed by atoms with Gasteiger partial charge in [-0.25, -0.2) is 4.68 Å². The lowest BCUT2D eigenvalue weighted by atomic mass is 10.2. The van der Waals surface area contributed by atoms with Gasteiger partial charge in [-0.3, -0.25) is 4.79 Å². The smallest absolute Gasteiger partial charge is 0.221 e. The monoisotopic (exact) mass is 346 g/mol. The molecule has 0 radical (unpaired) electrons. The number of carbonyl (C=O) groups excluding carboxylic acids is 1. The lowest BCUT2D eigenvalue weighted by Gasteiger charge is -2.22. The van der Waals surface area contributed by atoms with E-state index in [1.54, 1.807) is 11.8 Å². The van der Waals surface area contributed by atoms with Gasteiger partial charge in [0.15, 0.2) is 0 Å². The topological polar surface area (TPSA) is 68.2 Å². The van der Waals surface area contributed by atoms with Gasteiger partial charge in [-0.05, 0) is 30.3 Å². The Morgan fingerprint density at radius 2 is 2.25 bits per heavy atom. The fourth-order valence-electron chi connectivity index (χ4n) is 2.57. The molecule has 7 heteroatoms. The second-order valence-electron chi connectivity index (χ2n) is 5.66. The van der Waals surface area contributed by atoms with E-state index in [0.717, 1.165) is 35.2 Å². The molecule has 2 heterocycles. The van der Waals surface area contributed by atoms with E-state index >= 15 is 0 Å². The Hall–Kier alpha value is -1.99. The Labute approximate surface area is 146 Å². The van der Waals surface area contributed by atoms with E-state index in [4.69, 9.17) is 4.74 Å². The van der Waals surface area contributed by atoms with Crippen LogP contribution >= 0.6 is 11.8 Å². The number of thioether (sulfide) groups is 1. The molecule has 2 N–H and O–H groups in total. The summed E-state index contributed by atoms with van der Waals surface area (Å²) in [5, 5.41) is 10.8. The van der Waals surface area contributed by atoms with Gasteiger partial charge >= 0.3 is 0 Å². The molecule has 1 aliphatic heterocycles. The molecule has 0 aliphatic carbocycles. The lowest BCUT2D eigenvalue weighted by molar-refractivity contribution is -0.121. The van der Waals surface area contributed by atoms with Crippen molar-refractivity contribution in [2.75, 3.05) is 25.2 Å². The summed E-state index contributed by atoms with van der Waals surface area (Å²) in [5.74, 6) is 3.00. The van der Waals surface area contributed by atoms with E-state index in [2.05, 4.69) is 15.7 Å². The number of rotatable bonds is 6. The molecule has 6 nitrogen and oxygen atoms in total. The van der Waals surface area contributed by atoms with Gasteiger partial charge in [0.25, 0.3) is 0 Å². The predicted octanol–water partition coefficient (Wildman–Crippen LogP) is 1.59. The van der Waals surface area contributed by atoms with Crippen LogP contribution in [-0.2, 0) is 11.3 Å². The maximum absolute atomic E-state index is 12.0. The van der Waals surface area contributed by atoms with Crippen LogP contribution in [-0.4, -0.2) is 46.9 Å². The van der Waals surface area contributed by atoms with Gasteiger partial charge in [-0.1, -0.05) is 0 Å². The predicted molar refractivity (Wildman–Crippen MR) is 95.7 cm³/mol. The zero-order chi connectivity index (χ0) is 16.8. The average molecular weight is 346 g/mol. The lowest BCUT2D eigenvalue weighted by Crippen LogP contribution is -2.41. The average Bonchev–Trinajstić information content (AvgIpc) is 3.10. The van der Waals surface area contributed by atoms with Crippen LogP contribution in [0.2, 0.25) is 0 Å². The molecule has 1 aromatic carbocycles. The molecule has 0 bridgehead atoms. The zero-order valence-electron chi connectivity index (χ0n) is 13.7. The minimum Gasteiger partial charge on any atom is -0.497 e. The van der Waals surface area contributed by atoms with Gasteiger partial charge < -0.3 is 15.4 Å². The number of aromatic nitrogens is 2. The standard InChI is InChI=1S/C17H22N4O2S/c1-23-16-4-2-15(3-5-16)21-8-6-13(20-21)11-19-17(22)10-14-12-24-9-7-18-14/h2-6,8,14,18H,7,9-12H2,1H3,(H,19,22). The molecular weight excluding hydrogens is 324 g/mol. The third-order valence-corrected chi connectivity index (χ3v) is 5.01. The number of nitrogens with zero attached hydrogens (tertiary/aromatic N) is 2. The maximum Gasteiger partial charge on any atom is 0.221 e. The number of methoxy groups -OCH3 is 1. The molecule has 1 aliphatic rings. The Morgan fingerprint density at radius 3 is 2.96 bits per heavy atom. The fourth-order valence-corrected chi connectivity index (χ4v) is 3.52. The molecule has 0 saturated carbocycles. The van der Waals surface area contributed by atoms with Gasteiger partial charge in [0.2, 0.25) is 5.91 Å². The SMILES string of the molecule is COc1ccc(-n2ccc(CNC(=O)CC3CSCCN3)n2)cc1. The molecule has 1 unspecified atom stereocenters.